The zero-order valence-corrected chi connectivity index (χ0v) is 15.1. The Balaban J connectivity index is 1.47. The molecule has 3 rings (SSSR count). The van der Waals surface area contributed by atoms with Crippen LogP contribution < -0.4 is 16.0 Å². The van der Waals surface area contributed by atoms with Gasteiger partial charge in [0, 0.05) is 23.2 Å². The highest BCUT2D eigenvalue weighted by Crippen LogP contribution is 2.19. The molecular formula is C17H23BrN4O2. The topological polar surface area (TPSA) is 73.5 Å². The Kier molecular flexibility index (Phi) is 5.73. The molecule has 2 saturated heterocycles. The van der Waals surface area contributed by atoms with Crippen molar-refractivity contribution >= 4 is 33.6 Å². The Hall–Kier alpha value is -1.60. The summed E-state index contributed by atoms with van der Waals surface area (Å²) in [4.78, 5) is 26.5. The maximum atomic E-state index is 12.5. The van der Waals surface area contributed by atoms with Crippen LogP contribution in [0.15, 0.2) is 28.7 Å². The van der Waals surface area contributed by atoms with E-state index in [1.807, 2.05) is 29.2 Å². The molecule has 0 bridgehead atoms. The minimum absolute atomic E-state index is 0.0412. The number of nitrogens with one attached hydrogen (secondary N) is 3. The Morgan fingerprint density at radius 2 is 1.92 bits per heavy atom. The predicted molar refractivity (Wildman–Crippen MR) is 96.9 cm³/mol. The lowest BCUT2D eigenvalue weighted by molar-refractivity contribution is -0.129. The molecule has 2 heterocycles. The van der Waals surface area contributed by atoms with Crippen molar-refractivity contribution in [2.75, 3.05) is 31.5 Å². The second kappa shape index (κ2) is 7.98. The smallest absolute Gasteiger partial charge is 0.319 e. The van der Waals surface area contributed by atoms with Crippen molar-refractivity contribution in [1.29, 1.82) is 0 Å². The third-order valence-electron chi connectivity index (χ3n) is 4.64. The van der Waals surface area contributed by atoms with Crippen molar-refractivity contribution in [3.8, 4) is 0 Å². The minimum atomic E-state index is -0.415. The number of carbonyl (C=O) groups excluding carboxylic acids is 2. The first kappa shape index (κ1) is 17.2. The highest BCUT2D eigenvalue weighted by molar-refractivity contribution is 9.10. The van der Waals surface area contributed by atoms with E-state index in [1.165, 1.54) is 0 Å². The maximum Gasteiger partial charge on any atom is 0.319 e. The molecule has 0 radical (unpaired) electrons. The fraction of sp³-hybridized carbons (Fsp3) is 0.529. The van der Waals surface area contributed by atoms with E-state index in [-0.39, 0.29) is 11.9 Å². The number of benzene rings is 1. The van der Waals surface area contributed by atoms with Gasteiger partial charge >= 0.3 is 6.03 Å². The number of nitrogens with zero attached hydrogens (tertiary/aromatic N) is 1. The maximum absolute atomic E-state index is 12.5. The average molecular weight is 395 g/mol. The molecule has 7 heteroatoms. The molecule has 0 saturated carbocycles. The number of likely N-dealkylation sites (tertiary alicyclic amines) is 1. The molecule has 24 heavy (non-hydrogen) atoms. The van der Waals surface area contributed by atoms with Crippen molar-refractivity contribution in [1.82, 2.24) is 15.5 Å². The quantitative estimate of drug-likeness (QED) is 0.732. The van der Waals surface area contributed by atoms with Gasteiger partial charge in [0.15, 0.2) is 0 Å². The number of carbonyl (C=O) groups is 2. The summed E-state index contributed by atoms with van der Waals surface area (Å²) in [6, 6.07) is 6.59. The monoisotopic (exact) mass is 394 g/mol. The van der Waals surface area contributed by atoms with Gasteiger partial charge in [-0.05, 0) is 62.5 Å². The largest absolute Gasteiger partial charge is 0.341 e. The predicted octanol–water partition coefficient (Wildman–Crippen LogP) is 2.17. The van der Waals surface area contributed by atoms with Gasteiger partial charge in [-0.15, -0.1) is 0 Å². The molecule has 3 N–H and O–H groups in total. The highest BCUT2D eigenvalue weighted by atomic mass is 79.9. The molecule has 1 aromatic rings. The van der Waals surface area contributed by atoms with E-state index >= 15 is 0 Å². The van der Waals surface area contributed by atoms with Crippen LogP contribution in [-0.4, -0.2) is 49.1 Å². The van der Waals surface area contributed by atoms with Crippen molar-refractivity contribution < 1.29 is 9.59 Å². The van der Waals surface area contributed by atoms with Gasteiger partial charge in [-0.25, -0.2) is 4.79 Å². The van der Waals surface area contributed by atoms with Gasteiger partial charge in [0.2, 0.25) is 5.91 Å². The number of amides is 3. The van der Waals surface area contributed by atoms with E-state index in [0.717, 1.165) is 43.5 Å². The molecule has 2 aliphatic rings. The molecule has 2 fully saturated rings. The van der Waals surface area contributed by atoms with Crippen molar-refractivity contribution in [3.63, 3.8) is 0 Å². The fourth-order valence-corrected chi connectivity index (χ4v) is 3.55. The van der Waals surface area contributed by atoms with Gasteiger partial charge in [-0.2, -0.15) is 0 Å². The summed E-state index contributed by atoms with van der Waals surface area (Å²) in [5.74, 6) is 0.616. The molecule has 0 aromatic heterocycles. The van der Waals surface area contributed by atoms with Crippen LogP contribution in [-0.2, 0) is 4.79 Å². The number of anilines is 1. The lowest BCUT2D eigenvalue weighted by Gasteiger charge is -2.27. The SMILES string of the molecule is O=C(Nc1ccc(Br)cc1)NC1CCN(CC2CCNCC2)C1=O. The third kappa shape index (κ3) is 4.48. The molecule has 0 aliphatic carbocycles. The molecule has 1 atom stereocenters. The molecule has 1 unspecified atom stereocenters. The summed E-state index contributed by atoms with van der Waals surface area (Å²) in [7, 11) is 0. The zero-order valence-electron chi connectivity index (χ0n) is 13.6. The van der Waals surface area contributed by atoms with Crippen LogP contribution in [0, 0.1) is 5.92 Å². The molecule has 6 nitrogen and oxygen atoms in total. The number of hydrogen-bond donors (Lipinski definition) is 3. The van der Waals surface area contributed by atoms with E-state index in [2.05, 4.69) is 31.9 Å². The second-order valence-electron chi connectivity index (χ2n) is 6.42. The number of piperidine rings is 1. The number of urea groups is 1. The summed E-state index contributed by atoms with van der Waals surface area (Å²) in [6.45, 7) is 3.60. The Morgan fingerprint density at radius 3 is 2.62 bits per heavy atom. The standard InChI is InChI=1S/C17H23BrN4O2/c18-13-1-3-14(4-2-13)20-17(24)21-15-7-10-22(16(15)23)11-12-5-8-19-9-6-12/h1-4,12,15,19H,5-11H2,(H2,20,21,24). The van der Waals surface area contributed by atoms with Crippen LogP contribution in [0.25, 0.3) is 0 Å². The van der Waals surface area contributed by atoms with Crippen LogP contribution in [0.5, 0.6) is 0 Å². The van der Waals surface area contributed by atoms with Gasteiger partial charge in [0.1, 0.15) is 6.04 Å². The fourth-order valence-electron chi connectivity index (χ4n) is 3.29. The number of rotatable bonds is 4. The van der Waals surface area contributed by atoms with Gasteiger partial charge < -0.3 is 20.9 Å². The first-order valence-electron chi connectivity index (χ1n) is 8.44. The lowest BCUT2D eigenvalue weighted by Crippen LogP contribution is -2.44. The van der Waals surface area contributed by atoms with Crippen molar-refractivity contribution in [3.05, 3.63) is 28.7 Å². The normalized spacial score (nSPS) is 21.8. The van der Waals surface area contributed by atoms with Gasteiger partial charge in [0.25, 0.3) is 0 Å². The van der Waals surface area contributed by atoms with Crippen LogP contribution in [0.3, 0.4) is 0 Å². The van der Waals surface area contributed by atoms with Crippen LogP contribution in [0.4, 0.5) is 10.5 Å². The van der Waals surface area contributed by atoms with Crippen molar-refractivity contribution in [2.45, 2.75) is 25.3 Å². The summed E-state index contributed by atoms with van der Waals surface area (Å²) < 4.78 is 0.952. The number of hydrogen-bond acceptors (Lipinski definition) is 3. The highest BCUT2D eigenvalue weighted by Gasteiger charge is 2.34. The number of halogens is 1. The average Bonchev–Trinajstić information content (AvgIpc) is 2.91. The Labute approximate surface area is 150 Å². The molecule has 130 valence electrons. The van der Waals surface area contributed by atoms with E-state index in [4.69, 9.17) is 0 Å². The van der Waals surface area contributed by atoms with Crippen LogP contribution >= 0.6 is 15.9 Å². The van der Waals surface area contributed by atoms with Crippen molar-refractivity contribution in [2.24, 2.45) is 5.92 Å². The summed E-state index contributed by atoms with van der Waals surface area (Å²) >= 11 is 3.36. The molecule has 0 spiro atoms. The first-order chi connectivity index (χ1) is 11.6. The van der Waals surface area contributed by atoms with Gasteiger partial charge in [-0.3, -0.25) is 4.79 Å². The summed E-state index contributed by atoms with van der Waals surface area (Å²) in [5.41, 5.74) is 0.702. The van der Waals surface area contributed by atoms with Crippen LogP contribution in [0.2, 0.25) is 0 Å². The lowest BCUT2D eigenvalue weighted by atomic mass is 9.98. The molecule has 1 aromatic carbocycles. The Bertz CT molecular complexity index is 587. The van der Waals surface area contributed by atoms with E-state index < -0.39 is 6.04 Å². The van der Waals surface area contributed by atoms with Crippen LogP contribution in [0.1, 0.15) is 19.3 Å². The molecular weight excluding hydrogens is 372 g/mol. The Morgan fingerprint density at radius 1 is 1.21 bits per heavy atom. The van der Waals surface area contributed by atoms with E-state index in [9.17, 15) is 9.59 Å². The first-order valence-corrected chi connectivity index (χ1v) is 9.24. The van der Waals surface area contributed by atoms with Gasteiger partial charge in [0.05, 0.1) is 0 Å². The third-order valence-corrected chi connectivity index (χ3v) is 5.17. The second-order valence-corrected chi connectivity index (χ2v) is 7.34. The summed E-state index contributed by atoms with van der Waals surface area (Å²) in [6.07, 6.45) is 2.91. The zero-order chi connectivity index (χ0) is 16.9. The molecule has 3 amide bonds. The van der Waals surface area contributed by atoms with Gasteiger partial charge in [-0.1, -0.05) is 15.9 Å². The molecule has 2 aliphatic heterocycles. The minimum Gasteiger partial charge on any atom is -0.341 e. The van der Waals surface area contributed by atoms with E-state index in [1.54, 1.807) is 0 Å². The van der Waals surface area contributed by atoms with E-state index in [0.29, 0.717) is 18.0 Å². The summed E-state index contributed by atoms with van der Waals surface area (Å²) in [5, 5.41) is 8.90.